The Kier molecular flexibility index (Phi) is 4.80. The van der Waals surface area contributed by atoms with Gasteiger partial charge in [0.15, 0.2) is 0 Å². The highest BCUT2D eigenvalue weighted by Gasteiger charge is 2.53. The third-order valence-corrected chi connectivity index (χ3v) is 4.88. The quantitative estimate of drug-likeness (QED) is 0.792. The molecule has 0 bridgehead atoms. The van der Waals surface area contributed by atoms with Crippen LogP contribution in [0.15, 0.2) is 24.3 Å². The van der Waals surface area contributed by atoms with Crippen molar-refractivity contribution < 1.29 is 14.4 Å². The Morgan fingerprint density at radius 1 is 1.35 bits per heavy atom. The number of carbonyl (C=O) groups is 3. The lowest BCUT2D eigenvalue weighted by Crippen LogP contribution is -2.43. The van der Waals surface area contributed by atoms with Crippen molar-refractivity contribution in [3.8, 4) is 0 Å². The SMILES string of the molecule is CC(C)N(C)C(=O)C[C@@]1(c2ccccc2Cl)CC(=O)N(C)C1=O. The van der Waals surface area contributed by atoms with E-state index < -0.39 is 5.41 Å². The number of hydrogen-bond donors (Lipinski definition) is 0. The molecule has 5 nitrogen and oxygen atoms in total. The lowest BCUT2D eigenvalue weighted by atomic mass is 9.75. The normalized spacial score (nSPS) is 21.2. The number of halogens is 1. The predicted octanol–water partition coefficient (Wildman–Crippen LogP) is 2.22. The van der Waals surface area contributed by atoms with Gasteiger partial charge in [-0.1, -0.05) is 29.8 Å². The molecular formula is C17H21ClN2O3. The second-order valence-electron chi connectivity index (χ2n) is 6.27. The van der Waals surface area contributed by atoms with E-state index in [9.17, 15) is 14.4 Å². The molecule has 124 valence electrons. The van der Waals surface area contributed by atoms with Crippen LogP contribution in [-0.2, 0) is 19.8 Å². The predicted molar refractivity (Wildman–Crippen MR) is 88.0 cm³/mol. The summed E-state index contributed by atoms with van der Waals surface area (Å²) in [6.07, 6.45) is -0.107. The largest absolute Gasteiger partial charge is 0.343 e. The Morgan fingerprint density at radius 2 is 1.96 bits per heavy atom. The fraction of sp³-hybridized carbons (Fsp3) is 0.471. The first kappa shape index (κ1) is 17.5. The third-order valence-electron chi connectivity index (χ3n) is 4.55. The van der Waals surface area contributed by atoms with Gasteiger partial charge in [-0.3, -0.25) is 19.3 Å². The van der Waals surface area contributed by atoms with Gasteiger partial charge in [0.05, 0.1) is 5.41 Å². The number of amides is 3. The Labute approximate surface area is 141 Å². The Morgan fingerprint density at radius 3 is 2.43 bits per heavy atom. The maximum atomic E-state index is 12.8. The van der Waals surface area contributed by atoms with Crippen molar-refractivity contribution in [3.05, 3.63) is 34.9 Å². The summed E-state index contributed by atoms with van der Waals surface area (Å²) < 4.78 is 0. The summed E-state index contributed by atoms with van der Waals surface area (Å²) in [5.74, 6) is -0.854. The Balaban J connectivity index is 2.50. The highest BCUT2D eigenvalue weighted by Crippen LogP contribution is 2.42. The molecule has 1 atom stereocenters. The number of imide groups is 1. The Bertz CT molecular complexity index is 659. The summed E-state index contributed by atoms with van der Waals surface area (Å²) in [6, 6.07) is 6.92. The van der Waals surface area contributed by atoms with Crippen molar-refractivity contribution in [1.82, 2.24) is 9.80 Å². The van der Waals surface area contributed by atoms with Crippen LogP contribution in [0.2, 0.25) is 5.02 Å². The summed E-state index contributed by atoms with van der Waals surface area (Å²) in [5.41, 5.74) is -0.681. The van der Waals surface area contributed by atoms with Crippen LogP contribution in [0, 0.1) is 0 Å². The average molecular weight is 337 g/mol. The number of hydrogen-bond acceptors (Lipinski definition) is 3. The van der Waals surface area contributed by atoms with E-state index in [1.807, 2.05) is 13.8 Å². The molecule has 1 saturated heterocycles. The molecule has 1 aromatic carbocycles. The zero-order valence-electron chi connectivity index (χ0n) is 13.8. The van der Waals surface area contributed by atoms with Crippen LogP contribution >= 0.6 is 11.6 Å². The van der Waals surface area contributed by atoms with E-state index in [0.717, 1.165) is 4.90 Å². The minimum atomic E-state index is -1.22. The second-order valence-corrected chi connectivity index (χ2v) is 6.68. The first-order valence-corrected chi connectivity index (χ1v) is 7.90. The number of likely N-dealkylation sites (N-methyl/N-ethyl adjacent to an activating group) is 1. The first-order chi connectivity index (χ1) is 10.7. The Hall–Kier alpha value is -1.88. The van der Waals surface area contributed by atoms with Crippen LogP contribution in [0.25, 0.3) is 0 Å². The summed E-state index contributed by atoms with van der Waals surface area (Å²) in [5, 5.41) is 0.393. The topological polar surface area (TPSA) is 57.7 Å². The van der Waals surface area contributed by atoms with E-state index in [-0.39, 0.29) is 36.6 Å². The van der Waals surface area contributed by atoms with Gasteiger partial charge in [0.1, 0.15) is 0 Å². The fourth-order valence-corrected chi connectivity index (χ4v) is 3.17. The minimum absolute atomic E-state index is 0.00994. The maximum Gasteiger partial charge on any atom is 0.240 e. The molecule has 0 radical (unpaired) electrons. The van der Waals surface area contributed by atoms with E-state index in [1.165, 1.54) is 7.05 Å². The van der Waals surface area contributed by atoms with Crippen LogP contribution in [0.3, 0.4) is 0 Å². The first-order valence-electron chi connectivity index (χ1n) is 7.52. The monoisotopic (exact) mass is 336 g/mol. The summed E-state index contributed by atoms with van der Waals surface area (Å²) >= 11 is 6.27. The number of carbonyl (C=O) groups excluding carboxylic acids is 3. The zero-order chi connectivity index (χ0) is 17.4. The maximum absolute atomic E-state index is 12.8. The zero-order valence-corrected chi connectivity index (χ0v) is 14.6. The number of rotatable bonds is 4. The molecule has 1 aromatic rings. The van der Waals surface area contributed by atoms with E-state index in [4.69, 9.17) is 11.6 Å². The molecule has 1 aliphatic heterocycles. The van der Waals surface area contributed by atoms with Gasteiger partial charge in [0.25, 0.3) is 0 Å². The van der Waals surface area contributed by atoms with Gasteiger partial charge < -0.3 is 4.90 Å². The molecule has 0 aromatic heterocycles. The highest BCUT2D eigenvalue weighted by molar-refractivity contribution is 6.32. The number of likely N-dealkylation sites (tertiary alicyclic amines) is 1. The molecule has 23 heavy (non-hydrogen) atoms. The number of benzene rings is 1. The molecular weight excluding hydrogens is 316 g/mol. The number of nitrogens with zero attached hydrogens (tertiary/aromatic N) is 2. The molecule has 0 unspecified atom stereocenters. The molecule has 1 heterocycles. The molecule has 3 amide bonds. The van der Waals surface area contributed by atoms with Crippen molar-refractivity contribution in [3.63, 3.8) is 0 Å². The standard InChI is InChI=1S/C17H21ClN2O3/c1-11(2)19(3)14(21)9-17(10-15(22)20(4)16(17)23)12-7-5-6-8-13(12)18/h5-8,11H,9-10H2,1-4H3/t17-/m0/s1. The van der Waals surface area contributed by atoms with Gasteiger partial charge in [0, 0.05) is 38.0 Å². The van der Waals surface area contributed by atoms with Crippen molar-refractivity contribution in [2.24, 2.45) is 0 Å². The summed E-state index contributed by atoms with van der Waals surface area (Å²) in [4.78, 5) is 40.2. The molecule has 2 rings (SSSR count). The highest BCUT2D eigenvalue weighted by atomic mass is 35.5. The van der Waals surface area contributed by atoms with Gasteiger partial charge in [-0.05, 0) is 25.5 Å². The molecule has 0 aliphatic carbocycles. The van der Waals surface area contributed by atoms with Gasteiger partial charge >= 0.3 is 0 Å². The van der Waals surface area contributed by atoms with Gasteiger partial charge in [0.2, 0.25) is 17.7 Å². The second kappa shape index (κ2) is 6.32. The van der Waals surface area contributed by atoms with Gasteiger partial charge in [-0.25, -0.2) is 0 Å². The molecule has 1 fully saturated rings. The van der Waals surface area contributed by atoms with E-state index >= 15 is 0 Å². The van der Waals surface area contributed by atoms with E-state index in [0.29, 0.717) is 10.6 Å². The molecule has 0 spiro atoms. The molecule has 6 heteroatoms. The molecule has 0 N–H and O–H groups in total. The van der Waals surface area contributed by atoms with Crippen LogP contribution in [-0.4, -0.2) is 47.7 Å². The molecule has 1 aliphatic rings. The van der Waals surface area contributed by atoms with Gasteiger partial charge in [-0.2, -0.15) is 0 Å². The van der Waals surface area contributed by atoms with E-state index in [1.54, 1.807) is 36.2 Å². The van der Waals surface area contributed by atoms with Crippen molar-refractivity contribution in [1.29, 1.82) is 0 Å². The van der Waals surface area contributed by atoms with Crippen LogP contribution in [0.1, 0.15) is 32.3 Å². The fourth-order valence-electron chi connectivity index (χ4n) is 2.85. The summed E-state index contributed by atoms with van der Waals surface area (Å²) in [6.45, 7) is 3.79. The lowest BCUT2D eigenvalue weighted by Gasteiger charge is -2.30. The minimum Gasteiger partial charge on any atom is -0.343 e. The van der Waals surface area contributed by atoms with Crippen LogP contribution in [0.5, 0.6) is 0 Å². The van der Waals surface area contributed by atoms with E-state index in [2.05, 4.69) is 0 Å². The van der Waals surface area contributed by atoms with Crippen LogP contribution < -0.4 is 0 Å². The third kappa shape index (κ3) is 2.98. The van der Waals surface area contributed by atoms with Crippen molar-refractivity contribution in [2.75, 3.05) is 14.1 Å². The average Bonchev–Trinajstić information content (AvgIpc) is 2.71. The lowest BCUT2D eigenvalue weighted by molar-refractivity contribution is -0.141. The smallest absolute Gasteiger partial charge is 0.240 e. The van der Waals surface area contributed by atoms with Crippen LogP contribution in [0.4, 0.5) is 0 Å². The summed E-state index contributed by atoms with van der Waals surface area (Å²) in [7, 11) is 3.14. The van der Waals surface area contributed by atoms with Crippen molar-refractivity contribution >= 4 is 29.3 Å². The van der Waals surface area contributed by atoms with Gasteiger partial charge in [-0.15, -0.1) is 0 Å². The van der Waals surface area contributed by atoms with Crippen molar-refractivity contribution in [2.45, 2.75) is 38.1 Å². The molecule has 0 saturated carbocycles.